The highest BCUT2D eigenvalue weighted by Gasteiger charge is 2.33. The average Bonchev–Trinajstić information content (AvgIpc) is 3.12. The van der Waals surface area contributed by atoms with E-state index in [1.54, 1.807) is 30.1 Å². The van der Waals surface area contributed by atoms with Crippen molar-refractivity contribution >= 4 is 23.2 Å². The van der Waals surface area contributed by atoms with Crippen LogP contribution < -0.4 is 24.2 Å². The molecule has 46 heavy (non-hydrogen) atoms. The minimum Gasteiger partial charge on any atom is -0.497 e. The number of anilines is 3. The van der Waals surface area contributed by atoms with E-state index in [9.17, 15) is 4.79 Å². The number of likely N-dealkylation sites (N-methyl/N-ethyl adjacent to an activating group) is 1. The summed E-state index contributed by atoms with van der Waals surface area (Å²) in [5, 5.41) is 0. The van der Waals surface area contributed by atoms with E-state index in [1.165, 1.54) is 5.69 Å². The maximum absolute atomic E-state index is 14.1. The molecule has 0 radical (unpaired) electrons. The molecule has 0 spiro atoms. The van der Waals surface area contributed by atoms with Crippen molar-refractivity contribution in [2.45, 2.75) is 47.2 Å². The molecule has 0 atom stereocenters. The molecular formula is C37H48N6O3. The molecule has 0 aliphatic carbocycles. The topological polar surface area (TPSA) is 74.3 Å². The molecule has 3 heterocycles. The van der Waals surface area contributed by atoms with E-state index >= 15 is 0 Å². The number of carbonyl (C=O) groups is 1. The number of piperazine rings is 1. The van der Waals surface area contributed by atoms with Gasteiger partial charge in [0.1, 0.15) is 23.1 Å². The van der Waals surface area contributed by atoms with Crippen LogP contribution in [0.15, 0.2) is 79.0 Å². The van der Waals surface area contributed by atoms with Crippen LogP contribution >= 0.6 is 0 Å². The molecular weight excluding hydrogens is 576 g/mol. The third-order valence-electron chi connectivity index (χ3n) is 7.94. The van der Waals surface area contributed by atoms with Crippen molar-refractivity contribution in [3.8, 4) is 11.5 Å². The van der Waals surface area contributed by atoms with Crippen LogP contribution in [0.3, 0.4) is 0 Å². The Morgan fingerprint density at radius 1 is 0.761 bits per heavy atom. The number of fused-ring (bicyclic) bond motifs is 1. The molecule has 1 aromatic heterocycles. The van der Waals surface area contributed by atoms with E-state index in [2.05, 4.69) is 41.1 Å². The molecule has 9 heteroatoms. The molecule has 2 aliphatic rings. The standard InChI is InChI=1S/C33H36N6O3.2C2H6/c1-36-13-15-37(16-14-36)27-11-9-24(10-12-27)17-31-34-21-26-23-38(28-18-29(41-2)20-30(19-28)42-3)33(40)39(32(26)35-31)22-25-7-5-4-6-8-25;2*1-2/h4-12,18-21H,13-17,22-23H2,1-3H3;2*1-2H3. The van der Waals surface area contributed by atoms with Crippen molar-refractivity contribution in [3.05, 3.63) is 102 Å². The van der Waals surface area contributed by atoms with Gasteiger partial charge >= 0.3 is 6.03 Å². The van der Waals surface area contributed by atoms with Crippen LogP contribution in [0, 0.1) is 0 Å². The van der Waals surface area contributed by atoms with E-state index < -0.39 is 0 Å². The second-order valence-corrected chi connectivity index (χ2v) is 10.8. The highest BCUT2D eigenvalue weighted by molar-refractivity contribution is 6.05. The van der Waals surface area contributed by atoms with Gasteiger partial charge in [-0.1, -0.05) is 70.2 Å². The molecule has 6 rings (SSSR count). The summed E-state index contributed by atoms with van der Waals surface area (Å²) >= 11 is 0. The minimum atomic E-state index is -0.164. The minimum absolute atomic E-state index is 0.164. The maximum atomic E-state index is 14.1. The van der Waals surface area contributed by atoms with Crippen LogP contribution in [-0.4, -0.2) is 68.3 Å². The van der Waals surface area contributed by atoms with Crippen LogP contribution in [0.5, 0.6) is 11.5 Å². The molecule has 2 amide bonds. The number of benzene rings is 3. The third kappa shape index (κ3) is 8.14. The molecule has 9 nitrogen and oxygen atoms in total. The lowest BCUT2D eigenvalue weighted by Crippen LogP contribution is -2.47. The van der Waals surface area contributed by atoms with Crippen molar-refractivity contribution in [2.24, 2.45) is 0 Å². The van der Waals surface area contributed by atoms with E-state index in [-0.39, 0.29) is 6.03 Å². The zero-order valence-corrected chi connectivity index (χ0v) is 28.4. The van der Waals surface area contributed by atoms with Crippen molar-refractivity contribution in [3.63, 3.8) is 0 Å². The summed E-state index contributed by atoms with van der Waals surface area (Å²) in [6.45, 7) is 13.0. The number of nitrogens with zero attached hydrogens (tertiary/aromatic N) is 6. The van der Waals surface area contributed by atoms with Gasteiger partial charge in [-0.05, 0) is 30.3 Å². The lowest BCUT2D eigenvalue weighted by atomic mass is 10.1. The van der Waals surface area contributed by atoms with Gasteiger partial charge in [-0.2, -0.15) is 0 Å². The van der Waals surface area contributed by atoms with Gasteiger partial charge in [0.2, 0.25) is 0 Å². The SMILES string of the molecule is CC.CC.COc1cc(OC)cc(N2Cc3cnc(Cc4ccc(N5CCN(C)CC5)cc4)nc3N(Cc3ccccc3)C2=O)c1. The Labute approximate surface area is 274 Å². The number of rotatable bonds is 8. The second kappa shape index (κ2) is 16.6. The molecule has 0 N–H and O–H groups in total. The zero-order chi connectivity index (χ0) is 33.1. The molecule has 244 valence electrons. The van der Waals surface area contributed by atoms with E-state index in [0.717, 1.165) is 42.9 Å². The number of hydrogen-bond donors (Lipinski definition) is 0. The summed E-state index contributed by atoms with van der Waals surface area (Å²) in [7, 11) is 5.37. The van der Waals surface area contributed by atoms with Gasteiger partial charge in [0.15, 0.2) is 0 Å². The first-order valence-corrected chi connectivity index (χ1v) is 16.2. The van der Waals surface area contributed by atoms with Crippen molar-refractivity contribution < 1.29 is 14.3 Å². The van der Waals surface area contributed by atoms with Gasteiger partial charge in [-0.15, -0.1) is 0 Å². The average molecular weight is 625 g/mol. The van der Waals surface area contributed by atoms with Crippen LogP contribution in [0.2, 0.25) is 0 Å². The molecule has 0 unspecified atom stereocenters. The lowest BCUT2D eigenvalue weighted by molar-refractivity contribution is 0.249. The van der Waals surface area contributed by atoms with E-state index in [0.29, 0.717) is 48.3 Å². The second-order valence-electron chi connectivity index (χ2n) is 10.8. The number of aromatic nitrogens is 2. The monoisotopic (exact) mass is 624 g/mol. The van der Waals surface area contributed by atoms with Gasteiger partial charge in [-0.3, -0.25) is 9.80 Å². The molecule has 1 saturated heterocycles. The van der Waals surface area contributed by atoms with Crippen molar-refractivity contribution in [2.75, 3.05) is 62.1 Å². The molecule has 0 saturated carbocycles. The van der Waals surface area contributed by atoms with Gasteiger partial charge < -0.3 is 19.3 Å². The fourth-order valence-electron chi connectivity index (χ4n) is 5.47. The number of carbonyl (C=O) groups excluding carboxylic acids is 1. The Kier molecular flexibility index (Phi) is 12.4. The summed E-state index contributed by atoms with van der Waals surface area (Å²) < 4.78 is 10.9. The fourth-order valence-corrected chi connectivity index (χ4v) is 5.47. The van der Waals surface area contributed by atoms with Crippen LogP contribution in [0.25, 0.3) is 0 Å². The molecule has 1 fully saturated rings. The summed E-state index contributed by atoms with van der Waals surface area (Å²) in [4.78, 5) is 32.0. The van der Waals surface area contributed by atoms with E-state index in [1.807, 2.05) is 76.4 Å². The maximum Gasteiger partial charge on any atom is 0.330 e. The number of urea groups is 1. The zero-order valence-electron chi connectivity index (χ0n) is 28.4. The highest BCUT2D eigenvalue weighted by Crippen LogP contribution is 2.35. The Morgan fingerprint density at radius 3 is 2.00 bits per heavy atom. The third-order valence-corrected chi connectivity index (χ3v) is 7.94. The van der Waals surface area contributed by atoms with Gasteiger partial charge in [0.25, 0.3) is 0 Å². The van der Waals surface area contributed by atoms with Gasteiger partial charge in [0, 0.05) is 68.2 Å². The highest BCUT2D eigenvalue weighted by atomic mass is 16.5. The number of methoxy groups -OCH3 is 2. The molecule has 3 aromatic carbocycles. The Balaban J connectivity index is 0.00000116. The molecule has 4 aromatic rings. The van der Waals surface area contributed by atoms with Crippen molar-refractivity contribution in [1.29, 1.82) is 0 Å². The first-order chi connectivity index (χ1) is 22.5. The number of hydrogen-bond acceptors (Lipinski definition) is 7. The molecule has 0 bridgehead atoms. The largest absolute Gasteiger partial charge is 0.497 e. The summed E-state index contributed by atoms with van der Waals surface area (Å²) in [5.41, 5.74) is 4.95. The lowest BCUT2D eigenvalue weighted by Gasteiger charge is -2.36. The van der Waals surface area contributed by atoms with Gasteiger partial charge in [-0.25, -0.2) is 14.8 Å². The summed E-state index contributed by atoms with van der Waals surface area (Å²) in [6.07, 6.45) is 2.44. The van der Waals surface area contributed by atoms with Crippen LogP contribution in [0.1, 0.15) is 50.2 Å². The Hall–Kier alpha value is -4.63. The number of amides is 2. The first-order valence-electron chi connectivity index (χ1n) is 16.2. The predicted octanol–water partition coefficient (Wildman–Crippen LogP) is 7.04. The number of ether oxygens (including phenoxy) is 2. The van der Waals surface area contributed by atoms with Gasteiger partial charge in [0.05, 0.1) is 33.0 Å². The first kappa shape index (κ1) is 34.2. The molecule has 2 aliphatic heterocycles. The Morgan fingerprint density at radius 2 is 1.39 bits per heavy atom. The van der Waals surface area contributed by atoms with Crippen molar-refractivity contribution in [1.82, 2.24) is 14.9 Å². The smallest absolute Gasteiger partial charge is 0.330 e. The van der Waals surface area contributed by atoms with E-state index in [4.69, 9.17) is 19.4 Å². The Bertz CT molecular complexity index is 1520. The fraction of sp³-hybridized carbons (Fsp3) is 0.378. The quantitative estimate of drug-likeness (QED) is 0.208. The van der Waals surface area contributed by atoms with Crippen LogP contribution in [-0.2, 0) is 19.5 Å². The summed E-state index contributed by atoms with van der Waals surface area (Å²) in [5.74, 6) is 2.56. The predicted molar refractivity (Wildman–Crippen MR) is 187 cm³/mol. The normalized spacial score (nSPS) is 14.4. The van der Waals surface area contributed by atoms with Crippen LogP contribution in [0.4, 0.5) is 22.0 Å². The summed E-state index contributed by atoms with van der Waals surface area (Å²) in [6, 6.07) is 24.0.